The second kappa shape index (κ2) is 10.2. The van der Waals surface area contributed by atoms with E-state index in [1.165, 1.54) is 0 Å². The van der Waals surface area contributed by atoms with Gasteiger partial charge in [0, 0.05) is 16.1 Å². The predicted octanol–water partition coefficient (Wildman–Crippen LogP) is 8.08. The fraction of sp³-hybridized carbons (Fsp3) is 0.111. The van der Waals surface area contributed by atoms with Crippen LogP contribution in [-0.4, -0.2) is 17.5 Å². The van der Waals surface area contributed by atoms with Gasteiger partial charge < -0.3 is 14.8 Å². The van der Waals surface area contributed by atoms with E-state index in [2.05, 4.69) is 10.3 Å². The first-order chi connectivity index (χ1) is 17.0. The van der Waals surface area contributed by atoms with Crippen LogP contribution in [0.15, 0.2) is 72.8 Å². The van der Waals surface area contributed by atoms with E-state index in [0.29, 0.717) is 50.3 Å². The zero-order chi connectivity index (χ0) is 24.4. The summed E-state index contributed by atoms with van der Waals surface area (Å²) in [7, 11) is 0. The van der Waals surface area contributed by atoms with Gasteiger partial charge in [-0.3, -0.25) is 4.79 Å². The lowest BCUT2D eigenvalue weighted by Gasteiger charge is -2.21. The molecule has 0 fully saturated rings. The number of anilines is 1. The largest absolute Gasteiger partial charge is 0.492 e. The molecule has 1 N–H and O–H groups in total. The van der Waals surface area contributed by atoms with Crippen LogP contribution in [0.4, 0.5) is 5.82 Å². The summed E-state index contributed by atoms with van der Waals surface area (Å²) in [5.74, 6) is 1.57. The number of benzene rings is 3. The van der Waals surface area contributed by atoms with Crippen molar-refractivity contribution in [3.8, 4) is 28.5 Å². The maximum Gasteiger partial charge on any atom is 0.256 e. The van der Waals surface area contributed by atoms with Crippen LogP contribution in [0, 0.1) is 0 Å². The number of aryl methyl sites for hydroxylation is 1. The minimum absolute atomic E-state index is 0.296. The van der Waals surface area contributed by atoms with Crippen LogP contribution in [-0.2, 0) is 6.42 Å². The van der Waals surface area contributed by atoms with Gasteiger partial charge in [0.05, 0.1) is 17.3 Å². The van der Waals surface area contributed by atoms with Crippen molar-refractivity contribution in [1.82, 2.24) is 4.98 Å². The maximum absolute atomic E-state index is 12.8. The van der Waals surface area contributed by atoms with Crippen molar-refractivity contribution in [1.29, 1.82) is 0 Å². The summed E-state index contributed by atoms with van der Waals surface area (Å²) in [5, 5.41) is 4.23. The molecule has 176 valence electrons. The van der Waals surface area contributed by atoms with Crippen LogP contribution in [0.2, 0.25) is 15.1 Å². The molecule has 1 aliphatic heterocycles. The van der Waals surface area contributed by atoms with E-state index >= 15 is 0 Å². The highest BCUT2D eigenvalue weighted by molar-refractivity contribution is 6.38. The minimum atomic E-state index is -0.296. The second-order valence-electron chi connectivity index (χ2n) is 7.94. The molecule has 0 bridgehead atoms. The Morgan fingerprint density at radius 1 is 0.971 bits per heavy atom. The van der Waals surface area contributed by atoms with Gasteiger partial charge in [-0.15, -0.1) is 0 Å². The van der Waals surface area contributed by atoms with E-state index < -0.39 is 0 Å². The number of amides is 1. The van der Waals surface area contributed by atoms with E-state index in [1.54, 1.807) is 42.5 Å². The maximum atomic E-state index is 12.8. The molecule has 1 aromatic heterocycles. The van der Waals surface area contributed by atoms with Crippen LogP contribution in [0.5, 0.6) is 17.2 Å². The van der Waals surface area contributed by atoms with Crippen molar-refractivity contribution in [2.45, 2.75) is 12.8 Å². The lowest BCUT2D eigenvalue weighted by atomic mass is 10.1. The van der Waals surface area contributed by atoms with Gasteiger partial charge >= 0.3 is 0 Å². The first kappa shape index (κ1) is 23.5. The summed E-state index contributed by atoms with van der Waals surface area (Å²) in [6, 6.07) is 21.3. The number of fused-ring (bicyclic) bond motifs is 1. The van der Waals surface area contributed by atoms with Crippen molar-refractivity contribution in [3.63, 3.8) is 0 Å². The summed E-state index contributed by atoms with van der Waals surface area (Å²) < 4.78 is 11.6. The summed E-state index contributed by atoms with van der Waals surface area (Å²) in [4.78, 5) is 17.3. The highest BCUT2D eigenvalue weighted by Gasteiger charge is 2.21. The van der Waals surface area contributed by atoms with E-state index in [-0.39, 0.29) is 5.91 Å². The zero-order valence-electron chi connectivity index (χ0n) is 18.4. The number of halogens is 3. The van der Waals surface area contributed by atoms with Crippen LogP contribution in [0.3, 0.4) is 0 Å². The van der Waals surface area contributed by atoms with Gasteiger partial charge in [-0.1, -0.05) is 53.0 Å². The average molecular weight is 526 g/mol. The fourth-order valence-corrected chi connectivity index (χ4v) is 4.53. The summed E-state index contributed by atoms with van der Waals surface area (Å²) in [6.45, 7) is 0.606. The Labute approximate surface area is 217 Å². The Hall–Kier alpha value is -3.25. The Morgan fingerprint density at radius 2 is 1.74 bits per heavy atom. The third-order valence-corrected chi connectivity index (χ3v) is 6.39. The molecule has 4 aromatic rings. The highest BCUT2D eigenvalue weighted by atomic mass is 35.5. The Morgan fingerprint density at radius 3 is 2.51 bits per heavy atom. The first-order valence-electron chi connectivity index (χ1n) is 10.9. The van der Waals surface area contributed by atoms with Crippen molar-refractivity contribution in [2.24, 2.45) is 0 Å². The third kappa shape index (κ3) is 5.22. The van der Waals surface area contributed by atoms with Crippen LogP contribution < -0.4 is 14.8 Å². The molecule has 0 unspecified atom stereocenters. The second-order valence-corrected chi connectivity index (χ2v) is 9.16. The molecule has 1 aliphatic rings. The summed E-state index contributed by atoms with van der Waals surface area (Å²) >= 11 is 18.9. The van der Waals surface area contributed by atoms with Gasteiger partial charge in [-0.2, -0.15) is 0 Å². The molecular formula is C27H19Cl3N2O3. The zero-order valence-corrected chi connectivity index (χ0v) is 20.6. The smallest absolute Gasteiger partial charge is 0.256 e. The number of carbonyl (C=O) groups excluding carboxylic acids is 1. The Bertz CT molecular complexity index is 1390. The third-order valence-electron chi connectivity index (χ3n) is 5.51. The Kier molecular flexibility index (Phi) is 6.82. The van der Waals surface area contributed by atoms with Gasteiger partial charge in [-0.05, 0) is 73.0 Å². The number of aromatic nitrogens is 1. The van der Waals surface area contributed by atoms with Gasteiger partial charge in [0.1, 0.15) is 22.3 Å². The predicted molar refractivity (Wildman–Crippen MR) is 139 cm³/mol. The Balaban J connectivity index is 1.30. The van der Waals surface area contributed by atoms with Gasteiger partial charge in [0.25, 0.3) is 5.91 Å². The van der Waals surface area contributed by atoms with Gasteiger partial charge in [-0.25, -0.2) is 4.98 Å². The lowest BCUT2D eigenvalue weighted by Crippen LogP contribution is -2.13. The van der Waals surface area contributed by atoms with Crippen LogP contribution >= 0.6 is 34.8 Å². The summed E-state index contributed by atoms with van der Waals surface area (Å²) in [6.07, 6.45) is 1.78. The standard InChI is InChI=1S/C27H19Cl3N2O3/c28-19-10-6-16(7-11-19)22-4-1-5-23(31-22)32-27(33)17-8-12-20(13-9-17)35-26-21(29)15-18-3-2-14-34-25(18)24(26)30/h1,4-13,15H,2-3,14H2,(H,31,32,33). The number of nitrogens with one attached hydrogen (secondary N) is 1. The van der Waals surface area contributed by atoms with E-state index in [4.69, 9.17) is 44.3 Å². The molecule has 0 atom stereocenters. The molecule has 0 aliphatic carbocycles. The van der Waals surface area contributed by atoms with Crippen molar-refractivity contribution >= 4 is 46.5 Å². The number of pyridine rings is 1. The molecule has 0 radical (unpaired) electrons. The molecule has 1 amide bonds. The van der Waals surface area contributed by atoms with Crippen molar-refractivity contribution in [3.05, 3.63) is 99.0 Å². The molecule has 5 nitrogen and oxygen atoms in total. The molecule has 5 rings (SSSR count). The van der Waals surface area contributed by atoms with Crippen molar-refractivity contribution < 1.29 is 14.3 Å². The molecule has 0 saturated heterocycles. The van der Waals surface area contributed by atoms with Crippen molar-refractivity contribution in [2.75, 3.05) is 11.9 Å². The topological polar surface area (TPSA) is 60.5 Å². The molecule has 0 saturated carbocycles. The number of rotatable bonds is 5. The number of hydrogen-bond acceptors (Lipinski definition) is 4. The van der Waals surface area contributed by atoms with E-state index in [0.717, 1.165) is 29.7 Å². The number of nitrogens with zero attached hydrogens (tertiary/aromatic N) is 1. The number of carbonyl (C=O) groups is 1. The summed E-state index contributed by atoms with van der Waals surface area (Å²) in [5.41, 5.74) is 3.05. The van der Waals surface area contributed by atoms with Gasteiger partial charge in [0.15, 0.2) is 5.75 Å². The first-order valence-corrected chi connectivity index (χ1v) is 12.1. The lowest BCUT2D eigenvalue weighted by molar-refractivity contribution is 0.102. The average Bonchev–Trinajstić information content (AvgIpc) is 2.87. The van der Waals surface area contributed by atoms with Crippen LogP contribution in [0.1, 0.15) is 22.3 Å². The molecular weight excluding hydrogens is 507 g/mol. The molecule has 8 heteroatoms. The van der Waals surface area contributed by atoms with Crippen LogP contribution in [0.25, 0.3) is 11.3 Å². The fourth-order valence-electron chi connectivity index (χ4n) is 3.77. The normalized spacial score (nSPS) is 12.4. The number of ether oxygens (including phenoxy) is 2. The quantitative estimate of drug-likeness (QED) is 0.286. The molecule has 35 heavy (non-hydrogen) atoms. The minimum Gasteiger partial charge on any atom is -0.492 e. The van der Waals surface area contributed by atoms with Gasteiger partial charge in [0.2, 0.25) is 0 Å². The number of hydrogen-bond donors (Lipinski definition) is 1. The van der Waals surface area contributed by atoms with E-state index in [9.17, 15) is 4.79 Å². The monoisotopic (exact) mass is 524 g/mol. The van der Waals surface area contributed by atoms with E-state index in [1.807, 2.05) is 30.3 Å². The highest BCUT2D eigenvalue weighted by Crippen LogP contribution is 2.46. The molecule has 0 spiro atoms. The SMILES string of the molecule is O=C(Nc1cccc(-c2ccc(Cl)cc2)n1)c1ccc(Oc2c(Cl)cc3c(c2Cl)OCCC3)cc1. The molecule has 3 aromatic carbocycles. The molecule has 2 heterocycles.